The van der Waals surface area contributed by atoms with Gasteiger partial charge in [0, 0.05) is 5.56 Å². The molecule has 182 valence electrons. The number of rotatable bonds is 19. The molecule has 0 aliphatic carbocycles. The number of unbranched alkanes of at least 4 members (excludes halogenated alkanes) is 12. The Morgan fingerprint density at radius 1 is 0.781 bits per heavy atom. The lowest BCUT2D eigenvalue weighted by Crippen LogP contribution is -2.11. The summed E-state index contributed by atoms with van der Waals surface area (Å²) in [6.07, 6.45) is 16.3. The number of carbonyl (C=O) groups is 2. The number of hydrogen-bond acceptors (Lipinski definition) is 4. The van der Waals surface area contributed by atoms with Gasteiger partial charge in [0.15, 0.2) is 0 Å². The SMILES string of the molecule is CCCCCCCCCCCCCCCOC(=O)CCC(=O)OCc1c(F)cccc1Cl. The smallest absolute Gasteiger partial charge is 0.306 e. The first kappa shape index (κ1) is 28.4. The van der Waals surface area contributed by atoms with E-state index in [4.69, 9.17) is 21.1 Å². The average Bonchev–Trinajstić information content (AvgIpc) is 2.77. The molecule has 0 saturated carbocycles. The van der Waals surface area contributed by atoms with Crippen LogP contribution in [0.5, 0.6) is 0 Å². The molecule has 0 bridgehead atoms. The summed E-state index contributed by atoms with van der Waals surface area (Å²) in [4.78, 5) is 23.5. The molecule has 0 aliphatic rings. The van der Waals surface area contributed by atoms with Gasteiger partial charge in [-0.25, -0.2) is 4.39 Å². The topological polar surface area (TPSA) is 52.6 Å². The molecule has 0 saturated heterocycles. The van der Waals surface area contributed by atoms with Crippen LogP contribution in [0.1, 0.15) is 109 Å². The second-order valence-electron chi connectivity index (χ2n) is 8.32. The first-order valence-corrected chi connectivity index (χ1v) is 12.7. The van der Waals surface area contributed by atoms with Crippen molar-refractivity contribution in [1.29, 1.82) is 0 Å². The summed E-state index contributed by atoms with van der Waals surface area (Å²) in [5.41, 5.74) is 0.132. The quantitative estimate of drug-likeness (QED) is 0.152. The number of halogens is 2. The Morgan fingerprint density at radius 2 is 1.28 bits per heavy atom. The maximum Gasteiger partial charge on any atom is 0.306 e. The van der Waals surface area contributed by atoms with Gasteiger partial charge in [0.25, 0.3) is 0 Å². The Morgan fingerprint density at radius 3 is 1.81 bits per heavy atom. The van der Waals surface area contributed by atoms with Crippen molar-refractivity contribution in [3.05, 3.63) is 34.6 Å². The third kappa shape index (κ3) is 14.4. The van der Waals surface area contributed by atoms with Crippen LogP contribution >= 0.6 is 11.6 Å². The Bertz CT molecular complexity index is 630. The fourth-order valence-corrected chi connectivity index (χ4v) is 3.69. The van der Waals surface area contributed by atoms with Crippen molar-refractivity contribution in [3.8, 4) is 0 Å². The molecule has 0 fully saturated rings. The van der Waals surface area contributed by atoms with Gasteiger partial charge in [-0.3, -0.25) is 9.59 Å². The van der Waals surface area contributed by atoms with Crippen LogP contribution < -0.4 is 0 Å². The van der Waals surface area contributed by atoms with Crippen molar-refractivity contribution < 1.29 is 23.5 Å². The van der Waals surface area contributed by atoms with E-state index >= 15 is 0 Å². The summed E-state index contributed by atoms with van der Waals surface area (Å²) in [6.45, 7) is 2.38. The predicted octanol–water partition coefficient (Wildman–Crippen LogP) is 7.94. The van der Waals surface area contributed by atoms with Gasteiger partial charge in [0.1, 0.15) is 12.4 Å². The highest BCUT2D eigenvalue weighted by molar-refractivity contribution is 6.31. The lowest BCUT2D eigenvalue weighted by atomic mass is 10.0. The number of hydrogen-bond donors (Lipinski definition) is 0. The fraction of sp³-hybridized carbons (Fsp3) is 0.692. The number of esters is 2. The molecule has 0 spiro atoms. The highest BCUT2D eigenvalue weighted by atomic mass is 35.5. The number of benzene rings is 1. The standard InChI is InChI=1S/C26H40ClFO4/c1-2-3-4-5-6-7-8-9-10-11-12-13-14-20-31-25(29)18-19-26(30)32-21-22-23(27)16-15-17-24(22)28/h15-17H,2-14,18-21H2,1H3. The van der Waals surface area contributed by atoms with E-state index < -0.39 is 17.8 Å². The van der Waals surface area contributed by atoms with Crippen LogP contribution in [0.25, 0.3) is 0 Å². The molecule has 0 atom stereocenters. The number of carbonyl (C=O) groups excluding carboxylic acids is 2. The van der Waals surface area contributed by atoms with E-state index in [1.807, 2.05) is 0 Å². The molecule has 6 heteroatoms. The Labute approximate surface area is 198 Å². The summed E-state index contributed by atoms with van der Waals surface area (Å²) in [5.74, 6) is -1.52. The summed E-state index contributed by atoms with van der Waals surface area (Å²) in [6, 6.07) is 4.26. The monoisotopic (exact) mass is 470 g/mol. The van der Waals surface area contributed by atoms with E-state index in [1.54, 1.807) is 0 Å². The third-order valence-electron chi connectivity index (χ3n) is 5.48. The van der Waals surface area contributed by atoms with E-state index in [0.717, 1.165) is 12.8 Å². The van der Waals surface area contributed by atoms with E-state index in [0.29, 0.717) is 6.61 Å². The van der Waals surface area contributed by atoms with Crippen LogP contribution in [0, 0.1) is 5.82 Å². The summed E-state index contributed by atoms with van der Waals surface area (Å²) >= 11 is 5.89. The third-order valence-corrected chi connectivity index (χ3v) is 5.84. The predicted molar refractivity (Wildman–Crippen MR) is 127 cm³/mol. The maximum absolute atomic E-state index is 13.6. The minimum atomic E-state index is -0.581. The molecular formula is C26H40ClFO4. The van der Waals surface area contributed by atoms with E-state index in [1.165, 1.54) is 88.8 Å². The number of ether oxygens (including phenoxy) is 2. The highest BCUT2D eigenvalue weighted by Gasteiger charge is 2.12. The van der Waals surface area contributed by atoms with Gasteiger partial charge in [-0.15, -0.1) is 0 Å². The molecule has 1 aromatic rings. The zero-order valence-electron chi connectivity index (χ0n) is 19.6. The summed E-state index contributed by atoms with van der Waals surface area (Å²) < 4.78 is 23.8. The molecule has 0 unspecified atom stereocenters. The first-order chi connectivity index (χ1) is 15.5. The van der Waals surface area contributed by atoms with Crippen molar-refractivity contribution in [2.45, 2.75) is 110 Å². The Hall–Kier alpha value is -1.62. The van der Waals surface area contributed by atoms with Gasteiger partial charge in [0.05, 0.1) is 24.5 Å². The van der Waals surface area contributed by atoms with E-state index in [2.05, 4.69) is 6.92 Å². The minimum Gasteiger partial charge on any atom is -0.466 e. The molecule has 0 radical (unpaired) electrons. The van der Waals surface area contributed by atoms with Crippen LogP contribution in [0.2, 0.25) is 5.02 Å². The Kier molecular flexibility index (Phi) is 16.8. The van der Waals surface area contributed by atoms with Crippen LogP contribution in [-0.4, -0.2) is 18.5 Å². The lowest BCUT2D eigenvalue weighted by molar-refractivity contribution is -0.151. The van der Waals surface area contributed by atoms with Gasteiger partial charge >= 0.3 is 11.9 Å². The van der Waals surface area contributed by atoms with Crippen molar-refractivity contribution in [1.82, 2.24) is 0 Å². The Balaban J connectivity index is 1.91. The minimum absolute atomic E-state index is 0.0394. The lowest BCUT2D eigenvalue weighted by Gasteiger charge is -2.08. The van der Waals surface area contributed by atoms with Crippen LogP contribution in [-0.2, 0) is 25.7 Å². The van der Waals surface area contributed by atoms with E-state index in [9.17, 15) is 14.0 Å². The molecule has 0 heterocycles. The molecule has 1 aromatic carbocycles. The van der Waals surface area contributed by atoms with Crippen LogP contribution in [0.3, 0.4) is 0 Å². The largest absolute Gasteiger partial charge is 0.466 e. The second kappa shape index (κ2) is 18.9. The van der Waals surface area contributed by atoms with Gasteiger partial charge in [-0.2, -0.15) is 0 Å². The van der Waals surface area contributed by atoms with Gasteiger partial charge in [-0.1, -0.05) is 102 Å². The zero-order chi connectivity index (χ0) is 23.4. The summed E-state index contributed by atoms with van der Waals surface area (Å²) in [7, 11) is 0. The summed E-state index contributed by atoms with van der Waals surface area (Å²) in [5, 5.41) is 0.204. The van der Waals surface area contributed by atoms with Gasteiger partial charge < -0.3 is 9.47 Å². The molecule has 1 rings (SSSR count). The first-order valence-electron chi connectivity index (χ1n) is 12.3. The van der Waals surface area contributed by atoms with Gasteiger partial charge in [-0.05, 0) is 18.6 Å². The molecule has 32 heavy (non-hydrogen) atoms. The second-order valence-corrected chi connectivity index (χ2v) is 8.73. The molecule has 0 amide bonds. The van der Waals surface area contributed by atoms with Crippen molar-refractivity contribution in [2.75, 3.05) is 6.61 Å². The fourth-order valence-electron chi connectivity index (χ4n) is 3.48. The van der Waals surface area contributed by atoms with Crippen molar-refractivity contribution in [3.63, 3.8) is 0 Å². The van der Waals surface area contributed by atoms with Crippen LogP contribution in [0.15, 0.2) is 18.2 Å². The molecular weight excluding hydrogens is 431 g/mol. The molecule has 0 N–H and O–H groups in total. The average molecular weight is 471 g/mol. The normalized spacial score (nSPS) is 10.8. The van der Waals surface area contributed by atoms with Crippen molar-refractivity contribution in [2.24, 2.45) is 0 Å². The highest BCUT2D eigenvalue weighted by Crippen LogP contribution is 2.20. The molecule has 4 nitrogen and oxygen atoms in total. The molecule has 0 aromatic heterocycles. The van der Waals surface area contributed by atoms with Gasteiger partial charge in [0.2, 0.25) is 0 Å². The van der Waals surface area contributed by atoms with Crippen molar-refractivity contribution >= 4 is 23.5 Å². The van der Waals surface area contributed by atoms with Crippen LogP contribution in [0.4, 0.5) is 4.39 Å². The maximum atomic E-state index is 13.6. The van der Waals surface area contributed by atoms with E-state index in [-0.39, 0.29) is 30.0 Å². The molecule has 0 aliphatic heterocycles. The zero-order valence-corrected chi connectivity index (χ0v) is 20.4.